The number of thiophene rings is 1. The second-order valence-electron chi connectivity index (χ2n) is 1.95. The van der Waals surface area contributed by atoms with E-state index in [1.54, 1.807) is 6.07 Å². The lowest BCUT2D eigenvalue weighted by atomic mass is 10.2. The number of aliphatic hydroxyl groups excluding tert-OH is 1. The highest BCUT2D eigenvalue weighted by atomic mass is 35.5. The summed E-state index contributed by atoms with van der Waals surface area (Å²) in [6.07, 6.45) is -0.715. The zero-order valence-electron chi connectivity index (χ0n) is 5.35. The molecule has 0 saturated heterocycles. The minimum Gasteiger partial charge on any atom is -0.387 e. The summed E-state index contributed by atoms with van der Waals surface area (Å²) in [4.78, 5) is 0. The van der Waals surface area contributed by atoms with Crippen molar-refractivity contribution in [1.82, 2.24) is 0 Å². The molecule has 1 heterocycles. The average Bonchev–Trinajstić information content (AvgIpc) is 2.28. The molecule has 0 spiro atoms. The topological polar surface area (TPSA) is 20.2 Å². The van der Waals surface area contributed by atoms with Gasteiger partial charge in [-0.1, -0.05) is 23.2 Å². The molecule has 5 heteroatoms. The van der Waals surface area contributed by atoms with E-state index in [4.69, 9.17) is 34.8 Å². The van der Waals surface area contributed by atoms with Crippen molar-refractivity contribution < 1.29 is 5.11 Å². The van der Waals surface area contributed by atoms with Crippen LogP contribution in [0.5, 0.6) is 0 Å². The van der Waals surface area contributed by atoms with Crippen molar-refractivity contribution >= 4 is 46.1 Å². The van der Waals surface area contributed by atoms with Gasteiger partial charge in [0.2, 0.25) is 0 Å². The Bertz CT molecular complexity index is 248. The maximum atomic E-state index is 9.26. The SMILES string of the molecule is O[C@H](CCl)c1cc(Cl)sc1Cl. The molecule has 1 N–H and O–H groups in total. The van der Waals surface area contributed by atoms with E-state index in [1.807, 2.05) is 0 Å². The van der Waals surface area contributed by atoms with E-state index >= 15 is 0 Å². The predicted molar refractivity (Wildman–Crippen MR) is 50.0 cm³/mol. The van der Waals surface area contributed by atoms with Crippen molar-refractivity contribution in [2.24, 2.45) is 0 Å². The zero-order valence-corrected chi connectivity index (χ0v) is 8.44. The smallest absolute Gasteiger partial charge is 0.100 e. The van der Waals surface area contributed by atoms with E-state index in [2.05, 4.69) is 0 Å². The summed E-state index contributed by atoms with van der Waals surface area (Å²) in [6.45, 7) is 0. The highest BCUT2D eigenvalue weighted by Gasteiger charge is 2.13. The monoisotopic (exact) mass is 230 g/mol. The van der Waals surface area contributed by atoms with Crippen LogP contribution in [0, 0.1) is 0 Å². The first-order valence-electron chi connectivity index (χ1n) is 2.84. The third-order valence-electron chi connectivity index (χ3n) is 1.19. The van der Waals surface area contributed by atoms with E-state index in [9.17, 15) is 5.11 Å². The van der Waals surface area contributed by atoms with E-state index < -0.39 is 6.10 Å². The molecule has 0 radical (unpaired) electrons. The molecule has 0 unspecified atom stereocenters. The number of halogens is 3. The summed E-state index contributed by atoms with van der Waals surface area (Å²) in [6, 6.07) is 1.63. The van der Waals surface area contributed by atoms with Crippen LogP contribution in [0.1, 0.15) is 11.7 Å². The summed E-state index contributed by atoms with van der Waals surface area (Å²) in [5.74, 6) is 0.132. The highest BCUT2D eigenvalue weighted by molar-refractivity contribution is 7.20. The first-order valence-corrected chi connectivity index (χ1v) is 4.94. The van der Waals surface area contributed by atoms with Crippen molar-refractivity contribution in [3.63, 3.8) is 0 Å². The van der Waals surface area contributed by atoms with Gasteiger partial charge in [-0.05, 0) is 6.07 Å². The number of aliphatic hydroxyl groups is 1. The van der Waals surface area contributed by atoms with Gasteiger partial charge in [0.05, 0.1) is 16.3 Å². The molecule has 0 aliphatic carbocycles. The molecule has 0 saturated carbocycles. The van der Waals surface area contributed by atoms with Crippen LogP contribution in [0.3, 0.4) is 0 Å². The summed E-state index contributed by atoms with van der Waals surface area (Å²) >= 11 is 18.0. The van der Waals surface area contributed by atoms with E-state index in [0.29, 0.717) is 14.2 Å². The van der Waals surface area contributed by atoms with E-state index in [-0.39, 0.29) is 5.88 Å². The van der Waals surface area contributed by atoms with Crippen LogP contribution in [0.15, 0.2) is 6.07 Å². The van der Waals surface area contributed by atoms with Crippen LogP contribution in [0.4, 0.5) is 0 Å². The van der Waals surface area contributed by atoms with Gasteiger partial charge in [-0.2, -0.15) is 0 Å². The summed E-state index contributed by atoms with van der Waals surface area (Å²) < 4.78 is 1.07. The lowest BCUT2D eigenvalue weighted by Gasteiger charge is -2.02. The lowest BCUT2D eigenvalue weighted by Crippen LogP contribution is -1.96. The van der Waals surface area contributed by atoms with Crippen LogP contribution >= 0.6 is 46.1 Å². The Balaban J connectivity index is 2.93. The molecule has 0 aliphatic rings. The van der Waals surface area contributed by atoms with Crippen molar-refractivity contribution in [3.8, 4) is 0 Å². The van der Waals surface area contributed by atoms with Gasteiger partial charge in [0, 0.05) is 5.56 Å². The number of rotatable bonds is 2. The minimum atomic E-state index is -0.715. The van der Waals surface area contributed by atoms with Gasteiger partial charge in [-0.15, -0.1) is 22.9 Å². The summed E-state index contributed by atoms with van der Waals surface area (Å²) in [5.41, 5.74) is 0.608. The standard InChI is InChI=1S/C6H5Cl3OS/c7-2-4(10)3-1-5(8)11-6(3)9/h1,4,10H,2H2/t4-/m1/s1. The Kier molecular flexibility index (Phi) is 3.47. The van der Waals surface area contributed by atoms with Crippen molar-refractivity contribution in [2.75, 3.05) is 5.88 Å². The maximum Gasteiger partial charge on any atom is 0.100 e. The van der Waals surface area contributed by atoms with Gasteiger partial charge < -0.3 is 5.11 Å². The van der Waals surface area contributed by atoms with E-state index in [0.717, 1.165) is 0 Å². The molecular formula is C6H5Cl3OS. The van der Waals surface area contributed by atoms with Crippen molar-refractivity contribution in [1.29, 1.82) is 0 Å². The fourth-order valence-electron chi connectivity index (χ4n) is 0.663. The summed E-state index contributed by atoms with van der Waals surface area (Å²) in [5, 5.41) is 9.26. The molecule has 62 valence electrons. The highest BCUT2D eigenvalue weighted by Crippen LogP contribution is 2.35. The molecular weight excluding hydrogens is 226 g/mol. The molecule has 0 fully saturated rings. The van der Waals surface area contributed by atoms with Gasteiger partial charge in [-0.25, -0.2) is 0 Å². The second-order valence-corrected chi connectivity index (χ2v) is 4.54. The molecule has 0 bridgehead atoms. The lowest BCUT2D eigenvalue weighted by molar-refractivity contribution is 0.203. The van der Waals surface area contributed by atoms with Crippen molar-refractivity contribution in [3.05, 3.63) is 20.3 Å². The Morgan fingerprint density at radius 1 is 1.55 bits per heavy atom. The molecule has 1 atom stereocenters. The Morgan fingerprint density at radius 2 is 2.18 bits per heavy atom. The van der Waals surface area contributed by atoms with Gasteiger partial charge in [0.1, 0.15) is 4.34 Å². The van der Waals surface area contributed by atoms with Crippen LogP contribution in [0.2, 0.25) is 8.67 Å². The van der Waals surface area contributed by atoms with Gasteiger partial charge in [-0.3, -0.25) is 0 Å². The van der Waals surface area contributed by atoms with Gasteiger partial charge in [0.15, 0.2) is 0 Å². The quantitative estimate of drug-likeness (QED) is 0.774. The van der Waals surface area contributed by atoms with Crippen LogP contribution in [0.25, 0.3) is 0 Å². The molecule has 0 amide bonds. The van der Waals surface area contributed by atoms with E-state index in [1.165, 1.54) is 11.3 Å². The Hall–Kier alpha value is 0.530. The first kappa shape index (κ1) is 9.62. The molecule has 0 aromatic carbocycles. The third kappa shape index (κ3) is 2.23. The molecule has 1 aromatic rings. The molecule has 0 aliphatic heterocycles. The predicted octanol–water partition coefficient (Wildman–Crippen LogP) is 3.33. The third-order valence-corrected chi connectivity index (χ3v) is 3.00. The van der Waals surface area contributed by atoms with Gasteiger partial charge >= 0.3 is 0 Å². The maximum absolute atomic E-state index is 9.26. The Labute approximate surface area is 83.5 Å². The summed E-state index contributed by atoms with van der Waals surface area (Å²) in [7, 11) is 0. The number of alkyl halides is 1. The molecule has 1 aromatic heterocycles. The fraction of sp³-hybridized carbons (Fsp3) is 0.333. The second kappa shape index (κ2) is 3.97. The molecule has 1 nitrogen and oxygen atoms in total. The fourth-order valence-corrected chi connectivity index (χ4v) is 2.40. The normalized spacial score (nSPS) is 13.5. The molecule has 11 heavy (non-hydrogen) atoms. The number of hydrogen-bond donors (Lipinski definition) is 1. The van der Waals surface area contributed by atoms with Crippen LogP contribution in [-0.2, 0) is 0 Å². The van der Waals surface area contributed by atoms with Crippen LogP contribution < -0.4 is 0 Å². The van der Waals surface area contributed by atoms with Crippen LogP contribution in [-0.4, -0.2) is 11.0 Å². The largest absolute Gasteiger partial charge is 0.387 e. The zero-order chi connectivity index (χ0) is 8.43. The average molecular weight is 232 g/mol. The van der Waals surface area contributed by atoms with Gasteiger partial charge in [0.25, 0.3) is 0 Å². The van der Waals surface area contributed by atoms with Crippen molar-refractivity contribution in [2.45, 2.75) is 6.10 Å². The minimum absolute atomic E-state index is 0.132. The number of hydrogen-bond acceptors (Lipinski definition) is 2. The Morgan fingerprint density at radius 3 is 2.55 bits per heavy atom. The molecule has 1 rings (SSSR count). The first-order chi connectivity index (χ1) is 5.15.